The first-order valence-corrected chi connectivity index (χ1v) is 5.97. The molecular formula is C8H18N2O3S. The number of carbonyl (C=O) groups is 1. The molecule has 0 aliphatic carbocycles. The molecule has 1 aliphatic rings. The van der Waals surface area contributed by atoms with Gasteiger partial charge in [-0.2, -0.15) is 4.31 Å². The predicted molar refractivity (Wildman–Crippen MR) is 55.4 cm³/mol. The summed E-state index contributed by atoms with van der Waals surface area (Å²) in [6.07, 6.45) is 1.19. The summed E-state index contributed by atoms with van der Waals surface area (Å²) in [5.41, 5.74) is 0. The van der Waals surface area contributed by atoms with E-state index in [-0.39, 0.29) is 13.3 Å². The molecule has 1 fully saturated rings. The lowest BCUT2D eigenvalue weighted by atomic mass is 10.3. The van der Waals surface area contributed by atoms with Crippen LogP contribution >= 0.6 is 0 Å². The molecule has 0 radical (unpaired) electrons. The second-order valence-electron chi connectivity index (χ2n) is 3.17. The van der Waals surface area contributed by atoms with Crippen LogP contribution in [0, 0.1) is 0 Å². The van der Waals surface area contributed by atoms with Crippen molar-refractivity contribution in [3.05, 3.63) is 0 Å². The number of piperazine rings is 1. The van der Waals surface area contributed by atoms with E-state index in [0.717, 1.165) is 0 Å². The molecule has 14 heavy (non-hydrogen) atoms. The summed E-state index contributed by atoms with van der Waals surface area (Å²) in [6, 6.07) is 0. The summed E-state index contributed by atoms with van der Waals surface area (Å²) in [7, 11) is -3.08. The first kappa shape index (κ1) is 13.4. The van der Waals surface area contributed by atoms with Gasteiger partial charge in [0, 0.05) is 33.1 Å². The number of carbonyl (C=O) groups excluding carboxylic acids is 1. The van der Waals surface area contributed by atoms with E-state index in [0.29, 0.717) is 26.2 Å². The van der Waals surface area contributed by atoms with Gasteiger partial charge in [0.2, 0.25) is 15.9 Å². The maximum absolute atomic E-state index is 11.1. The summed E-state index contributed by atoms with van der Waals surface area (Å²) in [6.45, 7) is 3.33. The molecule has 0 unspecified atom stereocenters. The van der Waals surface area contributed by atoms with E-state index in [1.54, 1.807) is 4.90 Å². The normalized spacial score (nSPS) is 18.9. The minimum absolute atomic E-state index is 0. The fourth-order valence-electron chi connectivity index (χ4n) is 1.33. The van der Waals surface area contributed by atoms with Crippen molar-refractivity contribution in [2.24, 2.45) is 0 Å². The van der Waals surface area contributed by atoms with Crippen LogP contribution in [0.25, 0.3) is 0 Å². The summed E-state index contributed by atoms with van der Waals surface area (Å²) in [5, 5.41) is 0. The van der Waals surface area contributed by atoms with Crippen molar-refractivity contribution in [3.8, 4) is 0 Å². The summed E-state index contributed by atoms with van der Waals surface area (Å²) < 4.78 is 23.6. The Morgan fingerprint density at radius 2 is 1.57 bits per heavy atom. The highest BCUT2D eigenvalue weighted by molar-refractivity contribution is 7.88. The highest BCUT2D eigenvalue weighted by Crippen LogP contribution is 2.05. The van der Waals surface area contributed by atoms with Gasteiger partial charge in [-0.1, -0.05) is 7.43 Å². The van der Waals surface area contributed by atoms with E-state index in [1.807, 2.05) is 0 Å². The van der Waals surface area contributed by atoms with Crippen LogP contribution in [0.2, 0.25) is 0 Å². The minimum Gasteiger partial charge on any atom is -0.340 e. The molecule has 0 aromatic rings. The van der Waals surface area contributed by atoms with Crippen LogP contribution in [-0.2, 0) is 14.8 Å². The van der Waals surface area contributed by atoms with Crippen molar-refractivity contribution in [3.63, 3.8) is 0 Å². The van der Waals surface area contributed by atoms with Gasteiger partial charge in [-0.25, -0.2) is 8.42 Å². The third-order valence-electron chi connectivity index (χ3n) is 2.15. The molecule has 0 atom stereocenters. The quantitative estimate of drug-likeness (QED) is 0.614. The van der Waals surface area contributed by atoms with Crippen molar-refractivity contribution in [2.45, 2.75) is 14.4 Å². The zero-order valence-corrected chi connectivity index (χ0v) is 8.67. The largest absolute Gasteiger partial charge is 0.340 e. The van der Waals surface area contributed by atoms with Crippen molar-refractivity contribution >= 4 is 15.9 Å². The summed E-state index contributed by atoms with van der Waals surface area (Å²) >= 11 is 0. The molecule has 0 aromatic carbocycles. The Balaban J connectivity index is 0.00000169. The topological polar surface area (TPSA) is 57.7 Å². The third kappa shape index (κ3) is 3.26. The second kappa shape index (κ2) is 4.75. The van der Waals surface area contributed by atoms with Gasteiger partial charge in [0.1, 0.15) is 0 Å². The fraction of sp³-hybridized carbons (Fsp3) is 0.875. The molecule has 0 saturated carbocycles. The molecule has 84 valence electrons. The lowest BCUT2D eigenvalue weighted by Crippen LogP contribution is -2.49. The predicted octanol–water partition coefficient (Wildman–Crippen LogP) is -0.254. The average Bonchev–Trinajstić information content (AvgIpc) is 2.03. The molecule has 0 bridgehead atoms. The van der Waals surface area contributed by atoms with Crippen LogP contribution in [-0.4, -0.2) is 56.0 Å². The van der Waals surface area contributed by atoms with Crippen LogP contribution in [0.1, 0.15) is 14.4 Å². The number of amides is 1. The number of rotatable bonds is 1. The van der Waals surface area contributed by atoms with Gasteiger partial charge < -0.3 is 4.90 Å². The average molecular weight is 222 g/mol. The van der Waals surface area contributed by atoms with E-state index in [9.17, 15) is 13.2 Å². The van der Waals surface area contributed by atoms with E-state index >= 15 is 0 Å². The van der Waals surface area contributed by atoms with Crippen LogP contribution < -0.4 is 0 Å². The van der Waals surface area contributed by atoms with Crippen LogP contribution in [0.4, 0.5) is 0 Å². The van der Waals surface area contributed by atoms with Gasteiger partial charge >= 0.3 is 0 Å². The first-order valence-electron chi connectivity index (χ1n) is 4.12. The maximum Gasteiger partial charge on any atom is 0.219 e. The zero-order valence-electron chi connectivity index (χ0n) is 7.86. The number of hydrogen-bond acceptors (Lipinski definition) is 3. The van der Waals surface area contributed by atoms with E-state index < -0.39 is 10.0 Å². The van der Waals surface area contributed by atoms with Crippen LogP contribution in [0.3, 0.4) is 0 Å². The van der Waals surface area contributed by atoms with Gasteiger partial charge in [0.25, 0.3) is 0 Å². The Kier molecular flexibility index (Phi) is 4.54. The third-order valence-corrected chi connectivity index (χ3v) is 3.46. The van der Waals surface area contributed by atoms with Crippen LogP contribution in [0.5, 0.6) is 0 Å². The molecule has 0 spiro atoms. The van der Waals surface area contributed by atoms with Gasteiger partial charge in [0.05, 0.1) is 6.26 Å². The Morgan fingerprint density at radius 1 is 1.14 bits per heavy atom. The SMILES string of the molecule is C.CC(=O)N1CCN(S(C)(=O)=O)CC1. The Hall–Kier alpha value is -0.620. The summed E-state index contributed by atoms with van der Waals surface area (Å²) in [5.74, 6) is 0.00755. The minimum atomic E-state index is -3.08. The zero-order chi connectivity index (χ0) is 10.1. The molecule has 1 aliphatic heterocycles. The monoisotopic (exact) mass is 222 g/mol. The fourth-order valence-corrected chi connectivity index (χ4v) is 2.16. The highest BCUT2D eigenvalue weighted by Gasteiger charge is 2.23. The van der Waals surface area contributed by atoms with Crippen molar-refractivity contribution < 1.29 is 13.2 Å². The molecule has 0 N–H and O–H groups in total. The van der Waals surface area contributed by atoms with Gasteiger partial charge in [-0.05, 0) is 0 Å². The Morgan fingerprint density at radius 3 is 1.86 bits per heavy atom. The number of sulfonamides is 1. The molecule has 1 saturated heterocycles. The van der Waals surface area contributed by atoms with E-state index in [4.69, 9.17) is 0 Å². The van der Waals surface area contributed by atoms with Crippen molar-refractivity contribution in [1.82, 2.24) is 9.21 Å². The van der Waals surface area contributed by atoms with Crippen LogP contribution in [0.15, 0.2) is 0 Å². The lowest BCUT2D eigenvalue weighted by molar-refractivity contribution is -0.129. The second-order valence-corrected chi connectivity index (χ2v) is 5.15. The number of hydrogen-bond donors (Lipinski definition) is 0. The van der Waals surface area contributed by atoms with E-state index in [2.05, 4.69) is 0 Å². The van der Waals surface area contributed by atoms with Crippen molar-refractivity contribution in [2.75, 3.05) is 32.4 Å². The Labute approximate surface area is 85.7 Å². The molecule has 1 rings (SSSR count). The molecule has 1 amide bonds. The first-order chi connectivity index (χ1) is 5.91. The number of nitrogens with zero attached hydrogens (tertiary/aromatic N) is 2. The molecule has 5 nitrogen and oxygen atoms in total. The maximum atomic E-state index is 11.1. The smallest absolute Gasteiger partial charge is 0.219 e. The van der Waals surface area contributed by atoms with Gasteiger partial charge in [-0.3, -0.25) is 4.79 Å². The molecular weight excluding hydrogens is 204 g/mol. The van der Waals surface area contributed by atoms with Gasteiger partial charge in [0.15, 0.2) is 0 Å². The van der Waals surface area contributed by atoms with Crippen molar-refractivity contribution in [1.29, 1.82) is 0 Å². The van der Waals surface area contributed by atoms with E-state index in [1.165, 1.54) is 17.5 Å². The molecule has 0 aromatic heterocycles. The lowest BCUT2D eigenvalue weighted by Gasteiger charge is -2.32. The molecule has 1 heterocycles. The van der Waals surface area contributed by atoms with Gasteiger partial charge in [-0.15, -0.1) is 0 Å². The Bertz CT molecular complexity index is 292. The summed E-state index contributed by atoms with van der Waals surface area (Å²) in [4.78, 5) is 12.6. The standard InChI is InChI=1S/C7H14N2O3S.CH4/c1-7(10)8-3-5-9(6-4-8)13(2,11)12;/h3-6H2,1-2H3;1H4. The molecule has 6 heteroatoms. The highest BCUT2D eigenvalue weighted by atomic mass is 32.2.